The monoisotopic (exact) mass is 458 g/mol. The normalized spacial score (nSPS) is 11.9. The van der Waals surface area contributed by atoms with Crippen LogP contribution in [0.2, 0.25) is 0 Å². The number of fused-ring (bicyclic) bond motifs is 1. The lowest BCUT2D eigenvalue weighted by Gasteiger charge is -2.19. The maximum Gasteiger partial charge on any atom is 0.275 e. The first-order chi connectivity index (χ1) is 16.0. The molecular weight excluding hydrogens is 432 g/mol. The molecule has 0 radical (unpaired) electrons. The van der Waals surface area contributed by atoms with Crippen LogP contribution in [0.1, 0.15) is 18.9 Å². The second-order valence-electron chi connectivity index (χ2n) is 7.72. The molecule has 4 rings (SSSR count). The molecule has 3 N–H and O–H groups in total. The number of nitrogens with two attached hydrogens (primary N) is 1. The minimum absolute atomic E-state index is 0.134. The Kier molecular flexibility index (Phi) is 7.10. The largest absolute Gasteiger partial charge is 0.385 e. The smallest absolute Gasteiger partial charge is 0.275 e. The number of aromatic nitrogens is 2. The summed E-state index contributed by atoms with van der Waals surface area (Å²) in [5.41, 5.74) is 7.69. The second kappa shape index (κ2) is 10.4. The number of anilines is 2. The van der Waals surface area contributed by atoms with E-state index in [4.69, 9.17) is 5.73 Å². The number of rotatable bonds is 8. The summed E-state index contributed by atoms with van der Waals surface area (Å²) in [6.45, 7) is 2.51. The minimum atomic E-state index is -0.430. The predicted molar refractivity (Wildman–Crippen MR) is 136 cm³/mol. The van der Waals surface area contributed by atoms with Gasteiger partial charge < -0.3 is 15.6 Å². The fourth-order valence-corrected chi connectivity index (χ4v) is 4.75. The highest BCUT2D eigenvalue weighted by atomic mass is 32.2. The van der Waals surface area contributed by atoms with E-state index >= 15 is 0 Å². The molecule has 1 atom stereocenters. The molecule has 0 aliphatic carbocycles. The number of carbonyl (C=O) groups excluding carboxylic acids is 1. The van der Waals surface area contributed by atoms with E-state index < -0.39 is 10.8 Å². The van der Waals surface area contributed by atoms with Gasteiger partial charge in [-0.2, -0.15) is 4.98 Å². The summed E-state index contributed by atoms with van der Waals surface area (Å²) >= 11 is 1.27. The van der Waals surface area contributed by atoms with E-state index in [1.54, 1.807) is 0 Å². The highest BCUT2D eigenvalue weighted by Crippen LogP contribution is 2.28. The molecule has 1 aromatic heterocycles. The van der Waals surface area contributed by atoms with Gasteiger partial charge in [0.2, 0.25) is 5.91 Å². The summed E-state index contributed by atoms with van der Waals surface area (Å²) in [4.78, 5) is 29.5. The molecule has 0 spiro atoms. The molecule has 168 valence electrons. The van der Waals surface area contributed by atoms with Crippen molar-refractivity contribution in [2.45, 2.75) is 36.7 Å². The van der Waals surface area contributed by atoms with E-state index in [1.807, 2.05) is 84.3 Å². The Labute approximate surface area is 196 Å². The Morgan fingerprint density at radius 1 is 1.06 bits per heavy atom. The molecular formula is C26H26N4O2S. The molecule has 0 fully saturated rings. The molecule has 0 bridgehead atoms. The van der Waals surface area contributed by atoms with E-state index in [1.165, 1.54) is 17.8 Å². The van der Waals surface area contributed by atoms with E-state index in [-0.39, 0.29) is 5.91 Å². The first-order valence-corrected chi connectivity index (χ1v) is 11.8. The zero-order valence-electron chi connectivity index (χ0n) is 18.4. The highest BCUT2D eigenvalue weighted by molar-refractivity contribution is 8.00. The Balaban J connectivity index is 1.56. The van der Waals surface area contributed by atoms with Gasteiger partial charge in [0.05, 0.1) is 5.25 Å². The third-order valence-corrected chi connectivity index (χ3v) is 6.80. The zero-order chi connectivity index (χ0) is 23.2. The van der Waals surface area contributed by atoms with Crippen molar-refractivity contribution in [1.29, 1.82) is 0 Å². The van der Waals surface area contributed by atoms with Gasteiger partial charge in [0.25, 0.3) is 5.56 Å². The maximum absolute atomic E-state index is 13.2. The Bertz CT molecular complexity index is 1320. The molecule has 0 aliphatic heterocycles. The number of aryl methyl sites for hydroxylation is 1. The average Bonchev–Trinajstić information content (AvgIpc) is 2.82. The fourth-order valence-electron chi connectivity index (χ4n) is 3.70. The highest BCUT2D eigenvalue weighted by Gasteiger charge is 2.22. The van der Waals surface area contributed by atoms with Gasteiger partial charge in [0.1, 0.15) is 5.82 Å². The van der Waals surface area contributed by atoms with E-state index in [0.29, 0.717) is 23.9 Å². The molecule has 33 heavy (non-hydrogen) atoms. The van der Waals surface area contributed by atoms with Crippen LogP contribution in [0.5, 0.6) is 0 Å². The summed E-state index contributed by atoms with van der Waals surface area (Å²) in [7, 11) is 0. The molecule has 0 saturated carbocycles. The predicted octanol–water partition coefficient (Wildman–Crippen LogP) is 4.73. The minimum Gasteiger partial charge on any atom is -0.385 e. The number of benzene rings is 3. The van der Waals surface area contributed by atoms with Gasteiger partial charge in [-0.1, -0.05) is 85.4 Å². The Morgan fingerprint density at radius 2 is 1.79 bits per heavy atom. The quantitative estimate of drug-likeness (QED) is 0.294. The number of hydrogen-bond donors (Lipinski definition) is 2. The van der Waals surface area contributed by atoms with Crippen LogP contribution >= 0.6 is 11.8 Å². The summed E-state index contributed by atoms with van der Waals surface area (Å²) in [5.74, 6) is 0.211. The van der Waals surface area contributed by atoms with E-state index in [9.17, 15) is 9.59 Å². The molecule has 7 heteroatoms. The van der Waals surface area contributed by atoms with Gasteiger partial charge in [0, 0.05) is 23.7 Å². The summed E-state index contributed by atoms with van der Waals surface area (Å²) < 4.78 is 1.81. The first kappa shape index (κ1) is 22.6. The van der Waals surface area contributed by atoms with Gasteiger partial charge in [0.15, 0.2) is 5.16 Å². The van der Waals surface area contributed by atoms with E-state index in [2.05, 4.69) is 10.3 Å². The van der Waals surface area contributed by atoms with Crippen LogP contribution in [0, 0.1) is 0 Å². The van der Waals surface area contributed by atoms with Crippen LogP contribution in [0.15, 0.2) is 88.8 Å². The van der Waals surface area contributed by atoms with Crippen LogP contribution < -0.4 is 16.6 Å². The number of nitrogen functional groups attached to an aromatic ring is 1. The summed E-state index contributed by atoms with van der Waals surface area (Å²) in [6, 6.07) is 25.1. The van der Waals surface area contributed by atoms with E-state index in [0.717, 1.165) is 28.4 Å². The standard InChI is InChI=1S/C26H26N4O2S/c1-2-22(25(32)28-21-14-8-12-19-11-6-7-13-20(19)21)33-26-29-24(31)17-23(27)30(26)16-15-18-9-4-3-5-10-18/h3-14,17,22H,2,15-16,27H2,1H3,(H,28,32). The molecule has 1 unspecified atom stereocenters. The number of hydrogen-bond acceptors (Lipinski definition) is 5. The van der Waals surface area contributed by atoms with Crippen LogP contribution in [0.25, 0.3) is 10.8 Å². The van der Waals surface area contributed by atoms with Gasteiger partial charge >= 0.3 is 0 Å². The second-order valence-corrected chi connectivity index (χ2v) is 8.89. The first-order valence-electron chi connectivity index (χ1n) is 10.9. The van der Waals surface area contributed by atoms with Crippen molar-refractivity contribution in [3.8, 4) is 0 Å². The van der Waals surface area contributed by atoms with Crippen LogP contribution in [0.4, 0.5) is 11.5 Å². The van der Waals surface area contributed by atoms with Crippen LogP contribution in [-0.2, 0) is 17.8 Å². The third-order valence-electron chi connectivity index (χ3n) is 5.45. The molecule has 1 amide bonds. The third kappa shape index (κ3) is 5.43. The van der Waals surface area contributed by atoms with Crippen molar-refractivity contribution >= 4 is 39.9 Å². The average molecular weight is 459 g/mol. The topological polar surface area (TPSA) is 90.0 Å². The Morgan fingerprint density at radius 3 is 2.58 bits per heavy atom. The molecule has 6 nitrogen and oxygen atoms in total. The fraction of sp³-hybridized carbons (Fsp3) is 0.192. The Hall–Kier alpha value is -3.58. The van der Waals surface area contributed by atoms with Crippen molar-refractivity contribution in [3.05, 3.63) is 94.8 Å². The van der Waals surface area contributed by atoms with Crippen molar-refractivity contribution in [1.82, 2.24) is 9.55 Å². The van der Waals surface area contributed by atoms with Crippen molar-refractivity contribution in [3.63, 3.8) is 0 Å². The summed E-state index contributed by atoms with van der Waals surface area (Å²) in [6.07, 6.45) is 1.31. The van der Waals surface area contributed by atoms with Crippen molar-refractivity contribution in [2.24, 2.45) is 0 Å². The zero-order valence-corrected chi connectivity index (χ0v) is 19.2. The van der Waals surface area contributed by atoms with Crippen LogP contribution in [-0.4, -0.2) is 20.7 Å². The van der Waals surface area contributed by atoms with Gasteiger partial charge in [-0.15, -0.1) is 0 Å². The van der Waals surface area contributed by atoms with Gasteiger partial charge in [-0.25, -0.2) is 0 Å². The molecule has 1 heterocycles. The SMILES string of the molecule is CCC(Sc1nc(=O)cc(N)n1CCc1ccccc1)C(=O)Nc1cccc2ccccc12. The lowest BCUT2D eigenvalue weighted by molar-refractivity contribution is -0.115. The number of carbonyl (C=O) groups is 1. The number of amides is 1. The molecule has 0 saturated heterocycles. The number of thioether (sulfide) groups is 1. The number of nitrogens with one attached hydrogen (secondary N) is 1. The van der Waals surface area contributed by atoms with Crippen molar-refractivity contribution in [2.75, 3.05) is 11.1 Å². The maximum atomic E-state index is 13.2. The van der Waals surface area contributed by atoms with Gasteiger partial charge in [-0.3, -0.25) is 9.59 Å². The molecule has 0 aliphatic rings. The summed E-state index contributed by atoms with van der Waals surface area (Å²) in [5, 5.41) is 5.12. The lowest BCUT2D eigenvalue weighted by Crippen LogP contribution is -2.27. The van der Waals surface area contributed by atoms with Gasteiger partial charge in [-0.05, 0) is 29.9 Å². The number of nitrogens with zero attached hydrogens (tertiary/aromatic N) is 2. The lowest BCUT2D eigenvalue weighted by atomic mass is 10.1. The molecule has 3 aromatic carbocycles. The molecule has 4 aromatic rings. The van der Waals surface area contributed by atoms with Crippen LogP contribution in [0.3, 0.4) is 0 Å². The van der Waals surface area contributed by atoms with Crippen molar-refractivity contribution < 1.29 is 4.79 Å².